The zero-order valence-electron chi connectivity index (χ0n) is 15.5. The van der Waals surface area contributed by atoms with E-state index < -0.39 is 11.6 Å². The third kappa shape index (κ3) is 5.26. The average molecular weight is 393 g/mol. The van der Waals surface area contributed by atoms with Crippen molar-refractivity contribution in [2.75, 3.05) is 33.2 Å². The predicted octanol–water partition coefficient (Wildman–Crippen LogP) is 3.57. The van der Waals surface area contributed by atoms with Gasteiger partial charge in [0.1, 0.15) is 0 Å². The Kier molecular flexibility index (Phi) is 7.18. The van der Waals surface area contributed by atoms with E-state index in [9.17, 15) is 8.78 Å². The van der Waals surface area contributed by atoms with Crippen molar-refractivity contribution in [3.8, 4) is 0 Å². The van der Waals surface area contributed by atoms with E-state index in [0.717, 1.165) is 25.7 Å². The van der Waals surface area contributed by atoms with Crippen molar-refractivity contribution in [1.29, 1.82) is 0 Å². The maximum Gasteiger partial charge on any atom is 0.191 e. The molecule has 146 valence electrons. The van der Waals surface area contributed by atoms with Crippen LogP contribution in [0.4, 0.5) is 8.78 Å². The van der Waals surface area contributed by atoms with Crippen LogP contribution in [0.5, 0.6) is 0 Å². The second-order valence-electron chi connectivity index (χ2n) is 6.62. The van der Waals surface area contributed by atoms with Crippen LogP contribution in [0.2, 0.25) is 0 Å². The molecule has 0 radical (unpaired) electrons. The van der Waals surface area contributed by atoms with Crippen LogP contribution in [0.1, 0.15) is 29.3 Å². The number of guanidine groups is 1. The van der Waals surface area contributed by atoms with E-state index >= 15 is 0 Å². The minimum absolute atomic E-state index is 0.326. The smallest absolute Gasteiger partial charge is 0.191 e. The minimum atomic E-state index is -0.806. The van der Waals surface area contributed by atoms with E-state index in [0.29, 0.717) is 30.5 Å². The number of hydrogen-bond donors (Lipinski definition) is 2. The molecular weight excluding hydrogens is 366 g/mol. The van der Waals surface area contributed by atoms with E-state index in [1.165, 1.54) is 23.8 Å². The Balaban J connectivity index is 1.52. The normalized spacial score (nSPS) is 16.5. The van der Waals surface area contributed by atoms with Gasteiger partial charge in [0.15, 0.2) is 17.6 Å². The summed E-state index contributed by atoms with van der Waals surface area (Å²) in [5.41, 5.74) is 0.367. The first kappa shape index (κ1) is 19.8. The Morgan fingerprint density at radius 1 is 1.19 bits per heavy atom. The maximum absolute atomic E-state index is 13.7. The largest absolute Gasteiger partial charge is 0.356 e. The molecule has 1 aromatic heterocycles. The summed E-state index contributed by atoms with van der Waals surface area (Å²) >= 11 is 1.78. The number of likely N-dealkylation sites (tertiary alicyclic amines) is 1. The van der Waals surface area contributed by atoms with Crippen molar-refractivity contribution in [2.45, 2.75) is 25.3 Å². The monoisotopic (exact) mass is 392 g/mol. The zero-order valence-corrected chi connectivity index (χ0v) is 16.4. The third-order valence-corrected chi connectivity index (χ3v) is 5.83. The average Bonchev–Trinajstić information content (AvgIpc) is 3.38. The number of nitrogens with one attached hydrogen (secondary N) is 2. The number of benzene rings is 1. The molecule has 1 saturated heterocycles. The number of halogens is 2. The second kappa shape index (κ2) is 9.80. The Hall–Kier alpha value is -1.99. The van der Waals surface area contributed by atoms with Gasteiger partial charge in [-0.2, -0.15) is 0 Å². The first-order chi connectivity index (χ1) is 13.2. The van der Waals surface area contributed by atoms with Gasteiger partial charge in [0.05, 0.1) is 6.04 Å². The van der Waals surface area contributed by atoms with Gasteiger partial charge < -0.3 is 10.6 Å². The summed E-state index contributed by atoms with van der Waals surface area (Å²) in [5.74, 6) is -0.902. The van der Waals surface area contributed by atoms with Gasteiger partial charge in [-0.3, -0.25) is 9.89 Å². The SMILES string of the molecule is CN=C(NCCc1cccc(F)c1F)NCC(c1cccs1)N1CCCC1. The molecular formula is C20H26F2N4S. The van der Waals surface area contributed by atoms with Crippen molar-refractivity contribution in [1.82, 2.24) is 15.5 Å². The molecule has 1 unspecified atom stereocenters. The van der Waals surface area contributed by atoms with Gasteiger partial charge in [0, 0.05) is 25.0 Å². The van der Waals surface area contributed by atoms with E-state index in [4.69, 9.17) is 0 Å². The summed E-state index contributed by atoms with van der Waals surface area (Å²) in [6.45, 7) is 3.48. The quantitative estimate of drug-likeness (QED) is 0.559. The molecule has 1 aliphatic heterocycles. The zero-order chi connectivity index (χ0) is 19.1. The Morgan fingerprint density at radius 3 is 2.70 bits per heavy atom. The summed E-state index contributed by atoms with van der Waals surface area (Å²) in [5, 5.41) is 8.68. The molecule has 4 nitrogen and oxygen atoms in total. The molecule has 1 atom stereocenters. The van der Waals surface area contributed by atoms with Gasteiger partial charge >= 0.3 is 0 Å². The van der Waals surface area contributed by atoms with E-state index in [-0.39, 0.29) is 0 Å². The lowest BCUT2D eigenvalue weighted by Gasteiger charge is -2.27. The summed E-state index contributed by atoms with van der Waals surface area (Å²) in [4.78, 5) is 8.11. The van der Waals surface area contributed by atoms with E-state index in [1.807, 2.05) is 0 Å². The van der Waals surface area contributed by atoms with Crippen molar-refractivity contribution in [2.24, 2.45) is 4.99 Å². The Morgan fingerprint density at radius 2 is 2.00 bits per heavy atom. The summed E-state index contributed by atoms with van der Waals surface area (Å²) in [7, 11) is 1.72. The van der Waals surface area contributed by atoms with Gasteiger partial charge in [-0.15, -0.1) is 11.3 Å². The molecule has 1 aliphatic rings. The highest BCUT2D eigenvalue weighted by atomic mass is 32.1. The van der Waals surface area contributed by atoms with Crippen LogP contribution in [0, 0.1) is 11.6 Å². The van der Waals surface area contributed by atoms with Gasteiger partial charge in [0.25, 0.3) is 0 Å². The number of nitrogens with zero attached hydrogens (tertiary/aromatic N) is 2. The lowest BCUT2D eigenvalue weighted by molar-refractivity contribution is 0.249. The van der Waals surface area contributed by atoms with Crippen LogP contribution in [0.25, 0.3) is 0 Å². The Labute approximate surface area is 163 Å². The molecule has 0 amide bonds. The van der Waals surface area contributed by atoms with Gasteiger partial charge in [-0.25, -0.2) is 8.78 Å². The first-order valence-corrected chi connectivity index (χ1v) is 10.2. The van der Waals surface area contributed by atoms with Gasteiger partial charge in [0.2, 0.25) is 0 Å². The molecule has 3 rings (SSSR count). The maximum atomic E-state index is 13.7. The van der Waals surface area contributed by atoms with Crippen LogP contribution in [0.15, 0.2) is 40.7 Å². The van der Waals surface area contributed by atoms with Crippen LogP contribution in [0.3, 0.4) is 0 Å². The standard InChI is InChI=1S/C20H26F2N4S/c1-23-20(24-10-9-15-6-4-7-16(21)19(15)22)25-14-17(18-8-5-13-27-18)26-11-2-3-12-26/h4-8,13,17H,2-3,9-12,14H2,1H3,(H2,23,24,25). The Bertz CT molecular complexity index is 742. The number of rotatable bonds is 7. The lowest BCUT2D eigenvalue weighted by atomic mass is 10.1. The van der Waals surface area contributed by atoms with Gasteiger partial charge in [-0.1, -0.05) is 18.2 Å². The highest BCUT2D eigenvalue weighted by Gasteiger charge is 2.24. The van der Waals surface area contributed by atoms with Crippen molar-refractivity contribution in [3.05, 3.63) is 57.8 Å². The summed E-state index contributed by atoms with van der Waals surface area (Å²) in [6, 6.07) is 8.86. The topological polar surface area (TPSA) is 39.7 Å². The predicted molar refractivity (Wildman–Crippen MR) is 107 cm³/mol. The fourth-order valence-corrected chi connectivity index (χ4v) is 4.28. The molecule has 1 fully saturated rings. The molecule has 27 heavy (non-hydrogen) atoms. The van der Waals surface area contributed by atoms with E-state index in [1.54, 1.807) is 24.5 Å². The number of thiophene rings is 1. The van der Waals surface area contributed by atoms with Crippen LogP contribution < -0.4 is 10.6 Å². The first-order valence-electron chi connectivity index (χ1n) is 9.34. The molecule has 0 saturated carbocycles. The fourth-order valence-electron chi connectivity index (χ4n) is 3.41. The third-order valence-electron chi connectivity index (χ3n) is 4.86. The summed E-state index contributed by atoms with van der Waals surface area (Å²) in [6.07, 6.45) is 2.88. The van der Waals surface area contributed by atoms with Crippen molar-refractivity contribution >= 4 is 17.3 Å². The van der Waals surface area contributed by atoms with E-state index in [2.05, 4.69) is 38.0 Å². The van der Waals surface area contributed by atoms with Crippen LogP contribution >= 0.6 is 11.3 Å². The van der Waals surface area contributed by atoms with Crippen LogP contribution in [-0.2, 0) is 6.42 Å². The molecule has 2 heterocycles. The molecule has 2 N–H and O–H groups in total. The lowest BCUT2D eigenvalue weighted by Crippen LogP contribution is -2.43. The molecule has 7 heteroatoms. The highest BCUT2D eigenvalue weighted by molar-refractivity contribution is 7.10. The number of hydrogen-bond acceptors (Lipinski definition) is 3. The van der Waals surface area contributed by atoms with Crippen LogP contribution in [-0.4, -0.2) is 44.1 Å². The van der Waals surface area contributed by atoms with Gasteiger partial charge in [-0.05, 0) is 55.4 Å². The minimum Gasteiger partial charge on any atom is -0.356 e. The molecule has 0 spiro atoms. The summed E-state index contributed by atoms with van der Waals surface area (Å²) < 4.78 is 27.0. The van der Waals surface area contributed by atoms with Crippen molar-refractivity contribution in [3.63, 3.8) is 0 Å². The molecule has 1 aromatic carbocycles. The number of aliphatic imine (C=N–C) groups is 1. The highest BCUT2D eigenvalue weighted by Crippen LogP contribution is 2.27. The second-order valence-corrected chi connectivity index (χ2v) is 7.60. The molecule has 2 aromatic rings. The molecule has 0 aliphatic carbocycles. The molecule has 0 bridgehead atoms. The van der Waals surface area contributed by atoms with Crippen molar-refractivity contribution < 1.29 is 8.78 Å². The fraction of sp³-hybridized carbons (Fsp3) is 0.450.